The van der Waals surface area contributed by atoms with Crippen LogP contribution in [0, 0.1) is 11.8 Å². The number of ketones is 2. The number of rotatable bonds is 12. The molecule has 2 unspecified atom stereocenters. The maximum atomic E-state index is 12.2. The molecule has 0 N–H and O–H groups in total. The molecule has 0 radical (unpaired) electrons. The van der Waals surface area contributed by atoms with E-state index in [1.807, 2.05) is 0 Å². The third kappa shape index (κ3) is 7.49. The summed E-state index contributed by atoms with van der Waals surface area (Å²) in [6.07, 6.45) is 8.23. The van der Waals surface area contributed by atoms with Crippen molar-refractivity contribution in [2.75, 3.05) is 0 Å². The molecule has 0 rings (SSSR count). The summed E-state index contributed by atoms with van der Waals surface area (Å²) in [5.41, 5.74) is 0. The summed E-state index contributed by atoms with van der Waals surface area (Å²) in [5, 5.41) is 0. The van der Waals surface area contributed by atoms with Crippen LogP contribution in [0.3, 0.4) is 0 Å². The molecular formula is C17H32O2. The van der Waals surface area contributed by atoms with Crippen LogP contribution in [-0.2, 0) is 9.59 Å². The number of unbranched alkanes of at least 4 members (excludes halogenated alkanes) is 2. The van der Waals surface area contributed by atoms with E-state index in [1.54, 1.807) is 0 Å². The number of carbonyl (C=O) groups is 2. The van der Waals surface area contributed by atoms with E-state index in [0.29, 0.717) is 0 Å². The van der Waals surface area contributed by atoms with Crippen LogP contribution in [0.5, 0.6) is 0 Å². The molecule has 0 aliphatic carbocycles. The molecule has 0 heterocycles. The van der Waals surface area contributed by atoms with E-state index in [-0.39, 0.29) is 29.8 Å². The zero-order valence-corrected chi connectivity index (χ0v) is 13.3. The Morgan fingerprint density at radius 2 is 1.11 bits per heavy atom. The third-order valence-electron chi connectivity index (χ3n) is 4.06. The predicted octanol–water partition coefficient (Wildman–Crippen LogP) is 4.95. The van der Waals surface area contributed by atoms with Crippen LogP contribution in [-0.4, -0.2) is 11.6 Å². The topological polar surface area (TPSA) is 34.1 Å². The first-order valence-electron chi connectivity index (χ1n) is 8.15. The van der Waals surface area contributed by atoms with Crippen molar-refractivity contribution >= 4 is 11.6 Å². The van der Waals surface area contributed by atoms with Crippen LogP contribution in [0.15, 0.2) is 0 Å². The van der Waals surface area contributed by atoms with Gasteiger partial charge in [0.05, 0.1) is 6.42 Å². The molecule has 0 spiro atoms. The van der Waals surface area contributed by atoms with Gasteiger partial charge in [-0.2, -0.15) is 0 Å². The van der Waals surface area contributed by atoms with E-state index >= 15 is 0 Å². The molecule has 0 aliphatic rings. The number of Topliss-reactive ketones (excluding diaryl/α,β-unsaturated/α-hetero) is 2. The molecule has 0 aromatic carbocycles. The van der Waals surface area contributed by atoms with E-state index in [1.165, 1.54) is 0 Å². The lowest BCUT2D eigenvalue weighted by molar-refractivity contribution is -0.131. The molecule has 19 heavy (non-hydrogen) atoms. The van der Waals surface area contributed by atoms with Crippen molar-refractivity contribution in [3.8, 4) is 0 Å². The minimum atomic E-state index is 0.104. The first kappa shape index (κ1) is 18.3. The van der Waals surface area contributed by atoms with E-state index in [4.69, 9.17) is 0 Å². The van der Waals surface area contributed by atoms with Crippen LogP contribution < -0.4 is 0 Å². The van der Waals surface area contributed by atoms with Gasteiger partial charge in [-0.05, 0) is 25.7 Å². The summed E-state index contributed by atoms with van der Waals surface area (Å²) in [4.78, 5) is 24.3. The summed E-state index contributed by atoms with van der Waals surface area (Å²) in [6, 6.07) is 0. The van der Waals surface area contributed by atoms with Gasteiger partial charge in [0, 0.05) is 11.8 Å². The molecule has 2 nitrogen and oxygen atoms in total. The van der Waals surface area contributed by atoms with E-state index in [9.17, 15) is 9.59 Å². The Bertz CT molecular complexity index is 232. The summed E-state index contributed by atoms with van der Waals surface area (Å²) < 4.78 is 0. The van der Waals surface area contributed by atoms with Gasteiger partial charge in [0.25, 0.3) is 0 Å². The molecule has 0 bridgehead atoms. The fourth-order valence-electron chi connectivity index (χ4n) is 2.55. The number of hydrogen-bond acceptors (Lipinski definition) is 2. The van der Waals surface area contributed by atoms with Gasteiger partial charge in [-0.15, -0.1) is 0 Å². The zero-order chi connectivity index (χ0) is 14.7. The quantitative estimate of drug-likeness (QED) is 0.469. The minimum absolute atomic E-state index is 0.104. The average Bonchev–Trinajstić information content (AvgIpc) is 2.40. The Hall–Kier alpha value is -0.660. The largest absolute Gasteiger partial charge is 0.299 e. The molecule has 0 amide bonds. The van der Waals surface area contributed by atoms with Gasteiger partial charge in [-0.25, -0.2) is 0 Å². The first-order valence-corrected chi connectivity index (χ1v) is 8.15. The normalized spacial score (nSPS) is 14.1. The molecule has 0 aromatic heterocycles. The van der Waals surface area contributed by atoms with E-state index in [2.05, 4.69) is 27.7 Å². The van der Waals surface area contributed by atoms with Gasteiger partial charge in [0.15, 0.2) is 0 Å². The fourth-order valence-corrected chi connectivity index (χ4v) is 2.55. The van der Waals surface area contributed by atoms with Crippen molar-refractivity contribution in [2.24, 2.45) is 11.8 Å². The average molecular weight is 268 g/mol. The van der Waals surface area contributed by atoms with Crippen LogP contribution in [0.4, 0.5) is 0 Å². The molecule has 0 saturated carbocycles. The minimum Gasteiger partial charge on any atom is -0.299 e. The summed E-state index contributed by atoms with van der Waals surface area (Å²) >= 11 is 0. The number of hydrogen-bond donors (Lipinski definition) is 0. The lowest BCUT2D eigenvalue weighted by atomic mass is 9.87. The monoisotopic (exact) mass is 268 g/mol. The van der Waals surface area contributed by atoms with Crippen molar-refractivity contribution in [1.29, 1.82) is 0 Å². The van der Waals surface area contributed by atoms with E-state index in [0.717, 1.165) is 51.4 Å². The first-order chi connectivity index (χ1) is 9.10. The van der Waals surface area contributed by atoms with Crippen LogP contribution in [0.2, 0.25) is 0 Å². The lowest BCUT2D eigenvalue weighted by Gasteiger charge is -2.16. The Kier molecular flexibility index (Phi) is 10.8. The van der Waals surface area contributed by atoms with Crippen LogP contribution in [0.25, 0.3) is 0 Å². The van der Waals surface area contributed by atoms with Crippen LogP contribution >= 0.6 is 0 Å². The molecular weight excluding hydrogens is 236 g/mol. The van der Waals surface area contributed by atoms with Gasteiger partial charge in [0.2, 0.25) is 0 Å². The highest BCUT2D eigenvalue weighted by Gasteiger charge is 2.23. The maximum Gasteiger partial charge on any atom is 0.143 e. The second kappa shape index (κ2) is 11.2. The molecule has 112 valence electrons. The van der Waals surface area contributed by atoms with Gasteiger partial charge in [-0.3, -0.25) is 9.59 Å². The van der Waals surface area contributed by atoms with Gasteiger partial charge in [0.1, 0.15) is 11.6 Å². The van der Waals surface area contributed by atoms with Crippen molar-refractivity contribution in [2.45, 2.75) is 85.5 Å². The van der Waals surface area contributed by atoms with Crippen molar-refractivity contribution in [3.05, 3.63) is 0 Å². The number of carbonyl (C=O) groups excluding carboxylic acids is 2. The Morgan fingerprint density at radius 3 is 1.37 bits per heavy atom. The summed E-state index contributed by atoms with van der Waals surface area (Å²) in [7, 11) is 0. The Balaban J connectivity index is 4.30. The summed E-state index contributed by atoms with van der Waals surface area (Å²) in [5.74, 6) is 0.562. The summed E-state index contributed by atoms with van der Waals surface area (Å²) in [6.45, 7) is 8.38. The highest BCUT2D eigenvalue weighted by molar-refractivity contribution is 6.01. The molecule has 0 saturated heterocycles. The molecule has 0 aromatic rings. The maximum absolute atomic E-state index is 12.2. The fraction of sp³-hybridized carbons (Fsp3) is 0.882. The Labute approximate surface area is 119 Å². The van der Waals surface area contributed by atoms with Crippen molar-refractivity contribution < 1.29 is 9.59 Å². The molecule has 2 atom stereocenters. The van der Waals surface area contributed by atoms with Gasteiger partial charge in [-0.1, -0.05) is 53.4 Å². The van der Waals surface area contributed by atoms with Gasteiger partial charge < -0.3 is 0 Å². The van der Waals surface area contributed by atoms with Gasteiger partial charge >= 0.3 is 0 Å². The second-order valence-corrected chi connectivity index (χ2v) is 5.60. The van der Waals surface area contributed by atoms with Crippen molar-refractivity contribution in [3.63, 3.8) is 0 Å². The van der Waals surface area contributed by atoms with Crippen molar-refractivity contribution in [1.82, 2.24) is 0 Å². The standard InChI is InChI=1S/C17H32O2/c1-5-9-11-14(7-3)16(18)13-17(19)15(8-4)12-10-6-2/h14-15H,5-13H2,1-4H3. The second-order valence-electron chi connectivity index (χ2n) is 5.60. The lowest BCUT2D eigenvalue weighted by Crippen LogP contribution is -2.22. The molecule has 0 aliphatic heterocycles. The molecule has 2 heteroatoms. The van der Waals surface area contributed by atoms with E-state index < -0.39 is 0 Å². The highest BCUT2D eigenvalue weighted by atomic mass is 16.1. The molecule has 0 fully saturated rings. The predicted molar refractivity (Wildman–Crippen MR) is 81.2 cm³/mol. The zero-order valence-electron chi connectivity index (χ0n) is 13.3. The smallest absolute Gasteiger partial charge is 0.143 e. The SMILES string of the molecule is CCCCC(CC)C(=O)CC(=O)C(CC)CCCC. The van der Waals surface area contributed by atoms with Crippen LogP contribution in [0.1, 0.15) is 85.5 Å². The Morgan fingerprint density at radius 1 is 0.737 bits per heavy atom. The third-order valence-corrected chi connectivity index (χ3v) is 4.06. The highest BCUT2D eigenvalue weighted by Crippen LogP contribution is 2.20.